The predicted molar refractivity (Wildman–Crippen MR) is 99.6 cm³/mol. The van der Waals surface area contributed by atoms with Gasteiger partial charge in [-0.25, -0.2) is 14.8 Å². The molecule has 0 aliphatic heterocycles. The van der Waals surface area contributed by atoms with Crippen LogP contribution in [0.4, 0.5) is 0 Å². The fourth-order valence-electron chi connectivity index (χ4n) is 3.18. The van der Waals surface area contributed by atoms with E-state index in [1.165, 1.54) is 35.3 Å². The average molecular weight is 353 g/mol. The van der Waals surface area contributed by atoms with Crippen LogP contribution in [-0.4, -0.2) is 27.5 Å². The van der Waals surface area contributed by atoms with Gasteiger partial charge in [0.05, 0.1) is 12.3 Å². The molecule has 3 aromatic rings. The number of aromatic amines is 1. The molecule has 128 valence electrons. The number of hydrogen-bond acceptors (Lipinski definition) is 5. The number of esters is 1. The molecule has 0 saturated carbocycles. The second-order valence-corrected chi connectivity index (χ2v) is 6.91. The van der Waals surface area contributed by atoms with Crippen molar-refractivity contribution in [2.24, 2.45) is 0 Å². The molecule has 6 heteroatoms. The maximum absolute atomic E-state index is 11.8. The Balaban J connectivity index is 1.72. The lowest BCUT2D eigenvalue weighted by molar-refractivity contribution is 0.0526. The second kappa shape index (κ2) is 6.80. The lowest BCUT2D eigenvalue weighted by atomic mass is 9.94. The van der Waals surface area contributed by atoms with E-state index >= 15 is 0 Å². The van der Waals surface area contributed by atoms with Gasteiger partial charge in [0, 0.05) is 28.7 Å². The number of H-pyrrole nitrogens is 1. The predicted octanol–water partition coefficient (Wildman–Crippen LogP) is 4.82. The molecule has 0 radical (unpaired) electrons. The number of allylic oxidation sites excluding steroid dienone is 2. The molecule has 0 saturated heterocycles. The Hall–Kier alpha value is -2.47. The van der Waals surface area contributed by atoms with Crippen LogP contribution in [0.25, 0.3) is 27.9 Å². The van der Waals surface area contributed by atoms with Gasteiger partial charge in [-0.1, -0.05) is 6.08 Å². The number of fused-ring (bicyclic) bond motifs is 1. The van der Waals surface area contributed by atoms with E-state index in [4.69, 9.17) is 4.74 Å². The van der Waals surface area contributed by atoms with E-state index in [2.05, 4.69) is 27.1 Å². The zero-order valence-electron chi connectivity index (χ0n) is 14.0. The summed E-state index contributed by atoms with van der Waals surface area (Å²) in [6.45, 7) is 2.14. The molecule has 0 spiro atoms. The van der Waals surface area contributed by atoms with Crippen molar-refractivity contribution >= 4 is 33.9 Å². The van der Waals surface area contributed by atoms with Gasteiger partial charge >= 0.3 is 5.97 Å². The van der Waals surface area contributed by atoms with Gasteiger partial charge in [-0.3, -0.25) is 0 Å². The number of hydrogen-bond donors (Lipinski definition) is 1. The topological polar surface area (TPSA) is 67.9 Å². The Labute approximate surface area is 149 Å². The summed E-state index contributed by atoms with van der Waals surface area (Å²) in [5, 5.41) is 3.30. The molecule has 1 N–H and O–H groups in total. The van der Waals surface area contributed by atoms with Crippen LogP contribution in [0.2, 0.25) is 0 Å². The number of carbonyl (C=O) groups is 1. The van der Waals surface area contributed by atoms with Crippen LogP contribution in [0.3, 0.4) is 0 Å². The van der Waals surface area contributed by atoms with Crippen LogP contribution in [0.5, 0.6) is 0 Å². The molecule has 3 heterocycles. The van der Waals surface area contributed by atoms with Crippen molar-refractivity contribution in [1.82, 2.24) is 15.0 Å². The molecule has 0 bridgehead atoms. The summed E-state index contributed by atoms with van der Waals surface area (Å²) in [5.41, 5.74) is 5.12. The Morgan fingerprint density at radius 2 is 2.32 bits per heavy atom. The molecular formula is C19H19N3O2S. The van der Waals surface area contributed by atoms with Crippen LogP contribution in [-0.2, 0) is 4.74 Å². The van der Waals surface area contributed by atoms with Crippen molar-refractivity contribution in [2.75, 3.05) is 6.61 Å². The highest BCUT2D eigenvalue weighted by Gasteiger charge is 2.16. The molecule has 0 unspecified atom stereocenters. The zero-order valence-corrected chi connectivity index (χ0v) is 14.9. The van der Waals surface area contributed by atoms with Gasteiger partial charge in [0.25, 0.3) is 0 Å². The van der Waals surface area contributed by atoms with Gasteiger partial charge < -0.3 is 9.72 Å². The first-order valence-corrected chi connectivity index (χ1v) is 9.44. The summed E-state index contributed by atoms with van der Waals surface area (Å²) in [6.07, 6.45) is 10.9. The smallest absolute Gasteiger partial charge is 0.367 e. The van der Waals surface area contributed by atoms with E-state index in [0.717, 1.165) is 35.1 Å². The van der Waals surface area contributed by atoms with E-state index < -0.39 is 0 Å². The van der Waals surface area contributed by atoms with Crippen LogP contribution in [0, 0.1) is 0 Å². The lowest BCUT2D eigenvalue weighted by Gasteiger charge is -2.12. The van der Waals surface area contributed by atoms with Gasteiger partial charge in [0.15, 0.2) is 0 Å². The van der Waals surface area contributed by atoms with Gasteiger partial charge in [-0.2, -0.15) is 0 Å². The van der Waals surface area contributed by atoms with Crippen molar-refractivity contribution in [3.05, 3.63) is 40.5 Å². The number of ether oxygens (including phenoxy) is 1. The quantitative estimate of drug-likeness (QED) is 0.683. The molecule has 0 fully saturated rings. The van der Waals surface area contributed by atoms with E-state index in [9.17, 15) is 4.79 Å². The van der Waals surface area contributed by atoms with Crippen LogP contribution >= 0.6 is 11.3 Å². The molecule has 1 aliphatic rings. The molecule has 0 atom stereocenters. The van der Waals surface area contributed by atoms with Crippen LogP contribution in [0.15, 0.2) is 29.9 Å². The Kier molecular flexibility index (Phi) is 4.36. The summed E-state index contributed by atoms with van der Waals surface area (Å²) >= 11 is 1.31. The molecule has 25 heavy (non-hydrogen) atoms. The highest BCUT2D eigenvalue weighted by molar-refractivity contribution is 7.11. The molecule has 3 aromatic heterocycles. The summed E-state index contributed by atoms with van der Waals surface area (Å²) in [6, 6.07) is 2.18. The van der Waals surface area contributed by atoms with Crippen molar-refractivity contribution in [3.8, 4) is 11.3 Å². The summed E-state index contributed by atoms with van der Waals surface area (Å²) in [5.74, 6) is -0.371. The number of rotatable bonds is 4. The molecule has 5 nitrogen and oxygen atoms in total. The molecule has 4 rings (SSSR count). The normalized spacial score (nSPS) is 14.5. The standard InChI is InChI=1S/C19H19N3O2S/c1-2-24-19(23)18-22-16(11-25-18)15-10-21-17-14(15)8-13(9-20-17)12-6-4-3-5-7-12/h6,8-11H,2-5,7H2,1H3,(H,20,21). The summed E-state index contributed by atoms with van der Waals surface area (Å²) in [4.78, 5) is 24.1. The number of aromatic nitrogens is 3. The average Bonchev–Trinajstić information content (AvgIpc) is 3.29. The fourth-order valence-corrected chi connectivity index (χ4v) is 3.88. The summed E-state index contributed by atoms with van der Waals surface area (Å²) in [7, 11) is 0. The minimum absolute atomic E-state index is 0.350. The molecular weight excluding hydrogens is 334 g/mol. The highest BCUT2D eigenvalue weighted by atomic mass is 32.1. The van der Waals surface area contributed by atoms with Crippen molar-refractivity contribution in [1.29, 1.82) is 0 Å². The number of thiazole rings is 1. The number of nitrogens with one attached hydrogen (secondary N) is 1. The SMILES string of the molecule is CCOC(=O)c1nc(-c2c[nH]c3ncc(C4=CCCCC4)cc23)cs1. The van der Waals surface area contributed by atoms with E-state index in [1.807, 2.05) is 17.8 Å². The Bertz CT molecular complexity index is 955. The van der Waals surface area contributed by atoms with Gasteiger partial charge in [0.2, 0.25) is 5.01 Å². The lowest BCUT2D eigenvalue weighted by Crippen LogP contribution is -2.03. The van der Waals surface area contributed by atoms with E-state index in [-0.39, 0.29) is 5.97 Å². The fraction of sp³-hybridized carbons (Fsp3) is 0.316. The maximum Gasteiger partial charge on any atom is 0.367 e. The highest BCUT2D eigenvalue weighted by Crippen LogP contribution is 2.33. The zero-order chi connectivity index (χ0) is 17.2. The Morgan fingerprint density at radius 1 is 1.40 bits per heavy atom. The Morgan fingerprint density at radius 3 is 3.12 bits per heavy atom. The third-order valence-corrected chi connectivity index (χ3v) is 5.25. The van der Waals surface area contributed by atoms with E-state index in [0.29, 0.717) is 11.6 Å². The minimum atomic E-state index is -0.371. The maximum atomic E-state index is 11.8. The largest absolute Gasteiger partial charge is 0.461 e. The van der Waals surface area contributed by atoms with Crippen molar-refractivity contribution in [3.63, 3.8) is 0 Å². The molecule has 0 amide bonds. The molecule has 0 aromatic carbocycles. The monoisotopic (exact) mass is 353 g/mol. The second-order valence-electron chi connectivity index (χ2n) is 6.06. The summed E-state index contributed by atoms with van der Waals surface area (Å²) < 4.78 is 5.03. The first-order chi connectivity index (χ1) is 12.3. The van der Waals surface area contributed by atoms with Gasteiger partial charge in [-0.05, 0) is 49.8 Å². The van der Waals surface area contributed by atoms with Crippen molar-refractivity contribution < 1.29 is 9.53 Å². The van der Waals surface area contributed by atoms with Crippen molar-refractivity contribution in [2.45, 2.75) is 32.6 Å². The third-order valence-electron chi connectivity index (χ3n) is 4.42. The van der Waals surface area contributed by atoms with E-state index in [1.54, 1.807) is 6.92 Å². The first-order valence-electron chi connectivity index (χ1n) is 8.56. The number of carbonyl (C=O) groups excluding carboxylic acids is 1. The van der Waals surface area contributed by atoms with Gasteiger partial charge in [0.1, 0.15) is 5.65 Å². The van der Waals surface area contributed by atoms with Crippen LogP contribution in [0.1, 0.15) is 48.0 Å². The number of pyridine rings is 1. The third kappa shape index (κ3) is 3.09. The molecule has 1 aliphatic carbocycles. The minimum Gasteiger partial charge on any atom is -0.461 e. The number of nitrogens with zero attached hydrogens (tertiary/aromatic N) is 2. The van der Waals surface area contributed by atoms with Gasteiger partial charge in [-0.15, -0.1) is 11.3 Å². The van der Waals surface area contributed by atoms with Crippen LogP contribution < -0.4 is 0 Å². The first kappa shape index (κ1) is 16.0.